The summed E-state index contributed by atoms with van der Waals surface area (Å²) in [5.74, 6) is -6.57. The Balaban J connectivity index is 1.72. The number of carbonyl (C=O) groups is 3. The molecule has 1 fully saturated rings. The Labute approximate surface area is 218 Å². The van der Waals surface area contributed by atoms with Crippen molar-refractivity contribution in [1.29, 1.82) is 0 Å². The van der Waals surface area contributed by atoms with Gasteiger partial charge in [0, 0.05) is 49.8 Å². The highest BCUT2D eigenvalue weighted by Crippen LogP contribution is 2.53. The molecule has 0 aromatic heterocycles. The molecule has 8 N–H and O–H groups in total. The predicted molar refractivity (Wildman–Crippen MR) is 139 cm³/mol. The average molecular weight is 520 g/mol. The third kappa shape index (κ3) is 3.44. The van der Waals surface area contributed by atoms with Crippen molar-refractivity contribution in [1.82, 2.24) is 0 Å². The predicted octanol–water partition coefficient (Wildman–Crippen LogP) is 1.62. The van der Waals surface area contributed by atoms with Crippen molar-refractivity contribution in [2.75, 3.05) is 19.0 Å². The topological polar surface area (TPSA) is 187 Å². The molecule has 10 heteroatoms. The number of aliphatic hydroxyl groups is 3. The van der Waals surface area contributed by atoms with Gasteiger partial charge in [0.1, 0.15) is 22.8 Å². The van der Waals surface area contributed by atoms with Gasteiger partial charge in [-0.25, -0.2) is 0 Å². The van der Waals surface area contributed by atoms with E-state index in [9.17, 15) is 34.8 Å². The lowest BCUT2D eigenvalue weighted by atomic mass is 9.59. The molecule has 10 nitrogen and oxygen atoms in total. The monoisotopic (exact) mass is 519 g/mol. The van der Waals surface area contributed by atoms with Crippen molar-refractivity contribution in [3.8, 4) is 16.9 Å². The highest BCUT2D eigenvalue weighted by molar-refractivity contribution is 6.22. The molecule has 3 aliphatic carbocycles. The zero-order valence-electron chi connectivity index (χ0n) is 21.0. The van der Waals surface area contributed by atoms with Crippen LogP contribution in [-0.2, 0) is 27.3 Å². The fourth-order valence-corrected chi connectivity index (χ4v) is 6.10. The standard InChI is InChI=1S/C28H29N3O7/c1-31(2)16-5-3-12(4-6-16)17-9-14(11-29)23(33)21-18(17)8-13-7-15-10-19(32)22(27(30)37)26(36)28(15,38)25(35)20(13)24(21)34/h3-6,9,13,15,33-34,36,38H,7-8,10-11,29H2,1-2H3,(H2,30,37). The van der Waals surface area contributed by atoms with Gasteiger partial charge in [-0.2, -0.15) is 0 Å². The Hall–Kier alpha value is -4.15. The van der Waals surface area contributed by atoms with Crippen LogP contribution in [-0.4, -0.2) is 57.6 Å². The SMILES string of the molecule is CN(C)c1ccc(-c2cc(CN)c(O)c3c2CC2CC4CC(=O)C(C(N)=O)=C(O)C4(O)C(=O)C2=C3O)cc1. The first-order valence-electron chi connectivity index (χ1n) is 12.2. The largest absolute Gasteiger partial charge is 0.508 e. The number of benzene rings is 2. The summed E-state index contributed by atoms with van der Waals surface area (Å²) in [4.78, 5) is 40.0. The number of phenols is 1. The molecular weight excluding hydrogens is 490 g/mol. The van der Waals surface area contributed by atoms with Gasteiger partial charge in [-0.3, -0.25) is 14.4 Å². The number of primary amides is 1. The van der Waals surface area contributed by atoms with Crippen LogP contribution in [0.3, 0.4) is 0 Å². The van der Waals surface area contributed by atoms with E-state index in [1.807, 2.05) is 43.3 Å². The lowest BCUT2D eigenvalue weighted by molar-refractivity contribution is -0.147. The van der Waals surface area contributed by atoms with Crippen LogP contribution in [0.5, 0.6) is 5.75 Å². The molecule has 3 atom stereocenters. The van der Waals surface area contributed by atoms with Gasteiger partial charge in [0.05, 0.1) is 5.56 Å². The molecule has 38 heavy (non-hydrogen) atoms. The fourth-order valence-electron chi connectivity index (χ4n) is 6.10. The van der Waals surface area contributed by atoms with E-state index in [0.717, 1.165) is 16.8 Å². The van der Waals surface area contributed by atoms with Gasteiger partial charge in [0.2, 0.25) is 5.78 Å². The second-order valence-electron chi connectivity index (χ2n) is 10.3. The van der Waals surface area contributed by atoms with E-state index in [0.29, 0.717) is 11.1 Å². The maximum absolute atomic E-state index is 13.7. The molecule has 3 aliphatic rings. The summed E-state index contributed by atoms with van der Waals surface area (Å²) in [6.45, 7) is -0.0402. The highest BCUT2D eigenvalue weighted by atomic mass is 16.3. The quantitative estimate of drug-likeness (QED) is 0.326. The minimum Gasteiger partial charge on any atom is -0.508 e. The van der Waals surface area contributed by atoms with Gasteiger partial charge in [0.25, 0.3) is 5.91 Å². The highest BCUT2D eigenvalue weighted by Gasteiger charge is 2.60. The first-order chi connectivity index (χ1) is 17.9. The Morgan fingerprint density at radius 2 is 1.76 bits per heavy atom. The van der Waals surface area contributed by atoms with Crippen molar-refractivity contribution < 1.29 is 34.8 Å². The van der Waals surface area contributed by atoms with Gasteiger partial charge >= 0.3 is 0 Å². The van der Waals surface area contributed by atoms with Crippen molar-refractivity contribution >= 4 is 28.9 Å². The summed E-state index contributed by atoms with van der Waals surface area (Å²) in [7, 11) is 3.84. The molecule has 2 aromatic rings. The van der Waals surface area contributed by atoms with E-state index in [2.05, 4.69) is 0 Å². The average Bonchev–Trinajstić information content (AvgIpc) is 2.86. The third-order valence-electron chi connectivity index (χ3n) is 8.06. The van der Waals surface area contributed by atoms with E-state index in [-0.39, 0.29) is 42.7 Å². The number of amides is 1. The zero-order chi connectivity index (χ0) is 27.7. The van der Waals surface area contributed by atoms with Gasteiger partial charge in [0.15, 0.2) is 11.4 Å². The number of aromatic hydroxyl groups is 1. The second-order valence-corrected chi connectivity index (χ2v) is 10.3. The molecule has 0 spiro atoms. The van der Waals surface area contributed by atoms with Crippen LogP contribution >= 0.6 is 0 Å². The van der Waals surface area contributed by atoms with Crippen molar-refractivity contribution in [3.63, 3.8) is 0 Å². The van der Waals surface area contributed by atoms with Crippen LogP contribution in [0.4, 0.5) is 5.69 Å². The maximum Gasteiger partial charge on any atom is 0.255 e. The van der Waals surface area contributed by atoms with E-state index in [1.165, 1.54) is 0 Å². The Morgan fingerprint density at radius 3 is 2.34 bits per heavy atom. The third-order valence-corrected chi connectivity index (χ3v) is 8.06. The molecule has 0 bridgehead atoms. The molecular formula is C28H29N3O7. The number of hydrogen-bond donors (Lipinski definition) is 6. The number of Topliss-reactive ketones (excluding diaryl/α,β-unsaturated/α-hetero) is 2. The molecule has 0 radical (unpaired) electrons. The number of aliphatic hydroxyl groups excluding tert-OH is 2. The Bertz CT molecular complexity index is 1470. The first-order valence-corrected chi connectivity index (χ1v) is 12.2. The van der Waals surface area contributed by atoms with Crippen LogP contribution in [0.1, 0.15) is 29.5 Å². The molecule has 0 aliphatic heterocycles. The van der Waals surface area contributed by atoms with Crippen LogP contribution in [0, 0.1) is 11.8 Å². The van der Waals surface area contributed by atoms with E-state index < -0.39 is 52.0 Å². The lowest BCUT2D eigenvalue weighted by Gasteiger charge is -2.46. The second kappa shape index (κ2) is 8.71. The number of phenolic OH excluding ortho intramolecular Hbond substituents is 1. The minimum atomic E-state index is -2.60. The number of nitrogens with zero attached hydrogens (tertiary/aromatic N) is 1. The van der Waals surface area contributed by atoms with Crippen molar-refractivity contribution in [2.24, 2.45) is 23.3 Å². The number of hydrogen-bond acceptors (Lipinski definition) is 9. The van der Waals surface area contributed by atoms with Crippen molar-refractivity contribution in [2.45, 2.75) is 31.4 Å². The smallest absolute Gasteiger partial charge is 0.255 e. The summed E-state index contributed by atoms with van der Waals surface area (Å²) in [5, 5.41) is 44.6. The number of anilines is 1. The number of carbonyl (C=O) groups excluding carboxylic acids is 3. The molecule has 2 aromatic carbocycles. The first kappa shape index (κ1) is 25.5. The number of fused-ring (bicyclic) bond motifs is 3. The van der Waals surface area contributed by atoms with Crippen LogP contribution in [0.2, 0.25) is 0 Å². The number of rotatable bonds is 4. The van der Waals surface area contributed by atoms with Gasteiger partial charge in [-0.15, -0.1) is 0 Å². The normalized spacial score (nSPS) is 24.6. The minimum absolute atomic E-state index is 0.0340. The van der Waals surface area contributed by atoms with Crippen LogP contribution in [0.25, 0.3) is 16.9 Å². The summed E-state index contributed by atoms with van der Waals surface area (Å²) in [5.41, 5.74) is 11.0. The van der Waals surface area contributed by atoms with E-state index in [1.54, 1.807) is 6.07 Å². The van der Waals surface area contributed by atoms with Gasteiger partial charge < -0.3 is 36.8 Å². The molecule has 3 unspecified atom stereocenters. The molecule has 5 rings (SSSR count). The zero-order valence-corrected chi connectivity index (χ0v) is 21.0. The van der Waals surface area contributed by atoms with Crippen LogP contribution in [0.15, 0.2) is 47.2 Å². The summed E-state index contributed by atoms with van der Waals surface area (Å²) >= 11 is 0. The van der Waals surface area contributed by atoms with E-state index >= 15 is 0 Å². The maximum atomic E-state index is 13.7. The summed E-state index contributed by atoms with van der Waals surface area (Å²) < 4.78 is 0. The lowest BCUT2D eigenvalue weighted by Crippen LogP contribution is -2.58. The Morgan fingerprint density at radius 1 is 1.11 bits per heavy atom. The Kier molecular flexibility index (Phi) is 5.85. The van der Waals surface area contributed by atoms with Crippen LogP contribution < -0.4 is 16.4 Å². The van der Waals surface area contributed by atoms with Crippen molar-refractivity contribution in [3.05, 3.63) is 63.9 Å². The molecule has 198 valence electrons. The summed E-state index contributed by atoms with van der Waals surface area (Å²) in [6, 6.07) is 9.46. The molecule has 1 saturated carbocycles. The number of nitrogens with two attached hydrogens (primary N) is 2. The molecule has 1 amide bonds. The molecule has 0 heterocycles. The fraction of sp³-hybridized carbons (Fsp3) is 0.321. The van der Waals surface area contributed by atoms with Gasteiger partial charge in [-0.1, -0.05) is 12.1 Å². The number of ketones is 2. The van der Waals surface area contributed by atoms with E-state index in [4.69, 9.17) is 11.5 Å². The summed E-state index contributed by atoms with van der Waals surface area (Å²) in [6.07, 6.45) is -0.0723. The molecule has 0 saturated heterocycles. The van der Waals surface area contributed by atoms with Gasteiger partial charge in [-0.05, 0) is 53.6 Å².